The molecule has 1 aliphatic carbocycles. The summed E-state index contributed by atoms with van der Waals surface area (Å²) in [6.07, 6.45) is 2.85. The van der Waals surface area contributed by atoms with Crippen molar-refractivity contribution in [3.8, 4) is 0 Å². The van der Waals surface area contributed by atoms with Gasteiger partial charge in [0.05, 0.1) is 6.10 Å². The number of halogens is 1. The fourth-order valence-electron chi connectivity index (χ4n) is 2.43. The molecule has 1 N–H and O–H groups in total. The highest BCUT2D eigenvalue weighted by molar-refractivity contribution is 5.16. The number of likely N-dealkylation sites (N-methyl/N-ethyl adjacent to an activating group) is 1. The zero-order valence-electron chi connectivity index (χ0n) is 9.56. The highest BCUT2D eigenvalue weighted by atomic mass is 19.1. The maximum Gasteiger partial charge on any atom is 0.123 e. The highest BCUT2D eigenvalue weighted by Gasteiger charge is 2.28. The molecule has 16 heavy (non-hydrogen) atoms. The number of benzene rings is 1. The first-order chi connectivity index (χ1) is 7.66. The molecule has 2 rings (SSSR count). The number of aliphatic hydroxyl groups is 1. The third kappa shape index (κ3) is 2.60. The molecule has 0 radical (unpaired) electrons. The van der Waals surface area contributed by atoms with Gasteiger partial charge >= 0.3 is 0 Å². The molecule has 0 amide bonds. The fraction of sp³-hybridized carbons (Fsp3) is 0.538. The predicted octanol–water partition coefficient (Wildman–Crippen LogP) is 2.17. The number of rotatable bonds is 3. The van der Waals surface area contributed by atoms with Gasteiger partial charge in [-0.1, -0.05) is 12.1 Å². The molecule has 0 aliphatic heterocycles. The van der Waals surface area contributed by atoms with Crippen molar-refractivity contribution in [2.24, 2.45) is 0 Å². The Balaban J connectivity index is 1.96. The summed E-state index contributed by atoms with van der Waals surface area (Å²) >= 11 is 0. The minimum absolute atomic E-state index is 0.202. The molecule has 0 unspecified atom stereocenters. The fourth-order valence-corrected chi connectivity index (χ4v) is 2.43. The molecule has 0 bridgehead atoms. The second kappa shape index (κ2) is 4.93. The molecule has 1 aromatic carbocycles. The molecule has 88 valence electrons. The van der Waals surface area contributed by atoms with Crippen LogP contribution in [0.15, 0.2) is 24.3 Å². The maximum absolute atomic E-state index is 12.7. The Labute approximate surface area is 95.7 Å². The van der Waals surface area contributed by atoms with Crippen molar-refractivity contribution in [3.63, 3.8) is 0 Å². The van der Waals surface area contributed by atoms with Crippen LogP contribution < -0.4 is 0 Å². The molecule has 2 nitrogen and oxygen atoms in total. The topological polar surface area (TPSA) is 23.5 Å². The highest BCUT2D eigenvalue weighted by Crippen LogP contribution is 2.24. The van der Waals surface area contributed by atoms with Crippen LogP contribution in [0.3, 0.4) is 0 Å². The molecule has 3 heteroatoms. The first kappa shape index (κ1) is 11.6. The quantitative estimate of drug-likeness (QED) is 0.849. The Morgan fingerprint density at radius 1 is 1.31 bits per heavy atom. The normalized spacial score (nSPS) is 25.2. The van der Waals surface area contributed by atoms with Gasteiger partial charge in [0.1, 0.15) is 5.82 Å². The lowest BCUT2D eigenvalue weighted by atomic mass is 10.1. The summed E-state index contributed by atoms with van der Waals surface area (Å²) in [6, 6.07) is 6.81. The number of nitrogens with zero attached hydrogens (tertiary/aromatic N) is 1. The molecule has 2 atom stereocenters. The van der Waals surface area contributed by atoms with Gasteiger partial charge in [0.25, 0.3) is 0 Å². The Hall–Kier alpha value is -0.930. The van der Waals surface area contributed by atoms with Crippen LogP contribution in [0.2, 0.25) is 0 Å². The molecule has 1 aromatic rings. The van der Waals surface area contributed by atoms with Crippen LogP contribution in [0.4, 0.5) is 4.39 Å². The first-order valence-corrected chi connectivity index (χ1v) is 5.79. The van der Waals surface area contributed by atoms with E-state index in [1.807, 2.05) is 7.05 Å². The lowest BCUT2D eigenvalue weighted by molar-refractivity contribution is 0.0825. The molecular weight excluding hydrogens is 205 g/mol. The summed E-state index contributed by atoms with van der Waals surface area (Å²) in [4.78, 5) is 2.16. The molecule has 0 spiro atoms. The maximum atomic E-state index is 12.7. The van der Waals surface area contributed by atoms with Crippen LogP contribution in [0.25, 0.3) is 0 Å². The van der Waals surface area contributed by atoms with Gasteiger partial charge in [0.15, 0.2) is 0 Å². The van der Waals surface area contributed by atoms with Crippen LogP contribution >= 0.6 is 0 Å². The average molecular weight is 223 g/mol. The summed E-state index contributed by atoms with van der Waals surface area (Å²) in [5.41, 5.74) is 1.09. The van der Waals surface area contributed by atoms with Crippen LogP contribution in [-0.4, -0.2) is 29.2 Å². The van der Waals surface area contributed by atoms with Crippen LogP contribution in [-0.2, 0) is 6.54 Å². The Morgan fingerprint density at radius 3 is 2.56 bits per heavy atom. The molecular formula is C13H18FNO. The van der Waals surface area contributed by atoms with E-state index in [1.165, 1.54) is 12.1 Å². The van der Waals surface area contributed by atoms with Gasteiger partial charge in [-0.2, -0.15) is 0 Å². The van der Waals surface area contributed by atoms with Gasteiger partial charge in [-0.15, -0.1) is 0 Å². The second-order valence-electron chi connectivity index (χ2n) is 4.61. The van der Waals surface area contributed by atoms with Crippen molar-refractivity contribution in [1.82, 2.24) is 4.90 Å². The third-order valence-corrected chi connectivity index (χ3v) is 3.36. The van der Waals surface area contributed by atoms with E-state index in [1.54, 1.807) is 12.1 Å². The molecule has 1 aliphatic rings. The van der Waals surface area contributed by atoms with Crippen molar-refractivity contribution < 1.29 is 9.50 Å². The Bertz CT molecular complexity index is 338. The first-order valence-electron chi connectivity index (χ1n) is 5.79. The largest absolute Gasteiger partial charge is 0.391 e. The van der Waals surface area contributed by atoms with Crippen molar-refractivity contribution in [3.05, 3.63) is 35.6 Å². The smallest absolute Gasteiger partial charge is 0.123 e. The number of aliphatic hydroxyl groups excluding tert-OH is 1. The third-order valence-electron chi connectivity index (χ3n) is 3.36. The van der Waals surface area contributed by atoms with Gasteiger partial charge in [-0.3, -0.25) is 4.90 Å². The standard InChI is InChI=1S/C13H18FNO/c1-15(12-3-2-4-13(12)16)9-10-5-7-11(14)8-6-10/h5-8,12-13,16H,2-4,9H2,1H3/t12-,13-/m0/s1. The van der Waals surface area contributed by atoms with E-state index in [2.05, 4.69) is 4.90 Å². The average Bonchev–Trinajstić information content (AvgIpc) is 2.68. The van der Waals surface area contributed by atoms with Crippen molar-refractivity contribution in [2.45, 2.75) is 38.0 Å². The number of hydrogen-bond acceptors (Lipinski definition) is 2. The van der Waals surface area contributed by atoms with E-state index in [0.717, 1.165) is 31.4 Å². The van der Waals surface area contributed by atoms with Gasteiger partial charge < -0.3 is 5.11 Å². The minimum atomic E-state index is -0.203. The molecule has 1 saturated carbocycles. The Kier molecular flexibility index (Phi) is 3.56. The lowest BCUT2D eigenvalue weighted by Gasteiger charge is -2.26. The summed E-state index contributed by atoms with van der Waals surface area (Å²) in [7, 11) is 2.02. The van der Waals surface area contributed by atoms with Crippen molar-refractivity contribution >= 4 is 0 Å². The molecule has 0 heterocycles. The zero-order valence-corrected chi connectivity index (χ0v) is 9.56. The second-order valence-corrected chi connectivity index (χ2v) is 4.61. The van der Waals surface area contributed by atoms with E-state index in [0.29, 0.717) is 0 Å². The van der Waals surface area contributed by atoms with E-state index in [4.69, 9.17) is 0 Å². The summed E-state index contributed by atoms with van der Waals surface area (Å²) < 4.78 is 12.7. The van der Waals surface area contributed by atoms with Crippen LogP contribution in [0, 0.1) is 5.82 Å². The summed E-state index contributed by atoms with van der Waals surface area (Å²) in [5.74, 6) is -0.202. The molecule has 1 fully saturated rings. The Morgan fingerprint density at radius 2 is 2.00 bits per heavy atom. The minimum Gasteiger partial charge on any atom is -0.391 e. The van der Waals surface area contributed by atoms with Crippen molar-refractivity contribution in [2.75, 3.05) is 7.05 Å². The summed E-state index contributed by atoms with van der Waals surface area (Å²) in [5, 5.41) is 9.78. The monoisotopic (exact) mass is 223 g/mol. The predicted molar refractivity (Wildman–Crippen MR) is 61.5 cm³/mol. The SMILES string of the molecule is CN(Cc1ccc(F)cc1)[C@H]1CCC[C@@H]1O. The van der Waals surface area contributed by atoms with E-state index in [-0.39, 0.29) is 18.0 Å². The van der Waals surface area contributed by atoms with Gasteiger partial charge in [-0.05, 0) is 44.0 Å². The van der Waals surface area contributed by atoms with E-state index < -0.39 is 0 Å². The van der Waals surface area contributed by atoms with Gasteiger partial charge in [-0.25, -0.2) is 4.39 Å². The van der Waals surface area contributed by atoms with Crippen LogP contribution in [0.1, 0.15) is 24.8 Å². The van der Waals surface area contributed by atoms with Gasteiger partial charge in [0, 0.05) is 12.6 Å². The lowest BCUT2D eigenvalue weighted by Crippen LogP contribution is -2.36. The molecule has 0 aromatic heterocycles. The van der Waals surface area contributed by atoms with Gasteiger partial charge in [0.2, 0.25) is 0 Å². The molecule has 0 saturated heterocycles. The zero-order chi connectivity index (χ0) is 11.5. The van der Waals surface area contributed by atoms with Crippen molar-refractivity contribution in [1.29, 1.82) is 0 Å². The van der Waals surface area contributed by atoms with E-state index in [9.17, 15) is 9.50 Å². The number of hydrogen-bond donors (Lipinski definition) is 1. The van der Waals surface area contributed by atoms with Crippen LogP contribution in [0.5, 0.6) is 0 Å². The van der Waals surface area contributed by atoms with E-state index >= 15 is 0 Å². The summed E-state index contributed by atoms with van der Waals surface area (Å²) in [6.45, 7) is 0.766.